The zero-order valence-corrected chi connectivity index (χ0v) is 16.3. The second-order valence-electron chi connectivity index (χ2n) is 6.43. The molecule has 5 heteroatoms. The molecule has 1 unspecified atom stereocenters. The predicted molar refractivity (Wildman–Crippen MR) is 108 cm³/mol. The number of para-hydroxylation sites is 1. The Labute approximate surface area is 158 Å². The van der Waals surface area contributed by atoms with E-state index >= 15 is 0 Å². The van der Waals surface area contributed by atoms with Crippen LogP contribution in [0.25, 0.3) is 5.69 Å². The van der Waals surface area contributed by atoms with Gasteiger partial charge >= 0.3 is 0 Å². The summed E-state index contributed by atoms with van der Waals surface area (Å²) in [4.78, 5) is 17.1. The third kappa shape index (κ3) is 3.99. The minimum absolute atomic E-state index is 0.0220. The van der Waals surface area contributed by atoms with E-state index in [0.29, 0.717) is 0 Å². The van der Waals surface area contributed by atoms with Crippen LogP contribution in [0.4, 0.5) is 5.69 Å². The fraction of sp³-hybridized carbons (Fsp3) is 0.238. The number of hydrogen-bond donors (Lipinski definition) is 1. The van der Waals surface area contributed by atoms with Crippen molar-refractivity contribution in [2.75, 3.05) is 5.32 Å². The van der Waals surface area contributed by atoms with Gasteiger partial charge in [0.2, 0.25) is 5.91 Å². The van der Waals surface area contributed by atoms with Crippen molar-refractivity contribution in [2.24, 2.45) is 0 Å². The number of carbonyl (C=O) groups is 1. The van der Waals surface area contributed by atoms with Crippen LogP contribution in [0.1, 0.15) is 23.6 Å². The Morgan fingerprint density at radius 1 is 1.12 bits per heavy atom. The largest absolute Gasteiger partial charge is 0.325 e. The van der Waals surface area contributed by atoms with Gasteiger partial charge in [0.05, 0.1) is 5.25 Å². The highest BCUT2D eigenvalue weighted by molar-refractivity contribution is 8.00. The molecule has 0 saturated heterocycles. The van der Waals surface area contributed by atoms with E-state index in [1.807, 2.05) is 61.9 Å². The van der Waals surface area contributed by atoms with E-state index in [-0.39, 0.29) is 11.2 Å². The van der Waals surface area contributed by atoms with E-state index in [1.165, 1.54) is 17.3 Å². The van der Waals surface area contributed by atoms with Crippen LogP contribution in [-0.4, -0.2) is 20.7 Å². The number of imidazole rings is 1. The molecule has 0 aliphatic rings. The van der Waals surface area contributed by atoms with Gasteiger partial charge in [-0.2, -0.15) is 0 Å². The Morgan fingerprint density at radius 2 is 1.81 bits per heavy atom. The van der Waals surface area contributed by atoms with Crippen LogP contribution in [-0.2, 0) is 4.79 Å². The van der Waals surface area contributed by atoms with Gasteiger partial charge in [-0.3, -0.25) is 9.36 Å². The van der Waals surface area contributed by atoms with Crippen molar-refractivity contribution in [1.29, 1.82) is 0 Å². The Balaban J connectivity index is 1.76. The van der Waals surface area contributed by atoms with Crippen LogP contribution >= 0.6 is 11.8 Å². The van der Waals surface area contributed by atoms with Crippen LogP contribution in [0.5, 0.6) is 0 Å². The lowest BCUT2D eigenvalue weighted by molar-refractivity contribution is -0.115. The molecule has 0 radical (unpaired) electrons. The van der Waals surface area contributed by atoms with Crippen LogP contribution in [0, 0.1) is 20.8 Å². The maximum absolute atomic E-state index is 12.7. The standard InChI is InChI=1S/C21H23N3OS/c1-14-7-5-10-18(13-14)24-12-11-22-21(24)26-17(4)20(25)23-19-15(2)8-6-9-16(19)3/h5-13,17H,1-4H3,(H,23,25). The van der Waals surface area contributed by atoms with Crippen LogP contribution in [0.15, 0.2) is 60.0 Å². The second kappa shape index (κ2) is 7.79. The summed E-state index contributed by atoms with van der Waals surface area (Å²) in [5.41, 5.74) is 5.26. The smallest absolute Gasteiger partial charge is 0.237 e. The minimum Gasteiger partial charge on any atom is -0.325 e. The van der Waals surface area contributed by atoms with E-state index < -0.39 is 0 Å². The van der Waals surface area contributed by atoms with Gasteiger partial charge in [-0.25, -0.2) is 4.98 Å². The summed E-state index contributed by atoms with van der Waals surface area (Å²) in [7, 11) is 0. The lowest BCUT2D eigenvalue weighted by Crippen LogP contribution is -2.23. The number of carbonyl (C=O) groups excluding carboxylic acids is 1. The van der Waals surface area contributed by atoms with Crippen LogP contribution < -0.4 is 5.32 Å². The Bertz CT molecular complexity index is 912. The van der Waals surface area contributed by atoms with Crippen molar-refractivity contribution in [3.8, 4) is 5.69 Å². The highest BCUT2D eigenvalue weighted by Crippen LogP contribution is 2.27. The number of benzene rings is 2. The zero-order chi connectivity index (χ0) is 18.7. The molecule has 4 nitrogen and oxygen atoms in total. The van der Waals surface area contributed by atoms with E-state index in [2.05, 4.69) is 29.4 Å². The summed E-state index contributed by atoms with van der Waals surface area (Å²) in [5.74, 6) is -0.0220. The molecule has 0 aliphatic carbocycles. The summed E-state index contributed by atoms with van der Waals surface area (Å²) in [6.45, 7) is 7.98. The monoisotopic (exact) mass is 365 g/mol. The number of anilines is 1. The number of nitrogens with zero attached hydrogens (tertiary/aromatic N) is 2. The molecule has 3 aromatic rings. The summed E-state index contributed by atoms with van der Waals surface area (Å²) < 4.78 is 2.01. The normalized spacial score (nSPS) is 12.0. The first-order valence-electron chi connectivity index (χ1n) is 8.60. The Morgan fingerprint density at radius 3 is 2.50 bits per heavy atom. The van der Waals surface area contributed by atoms with Crippen LogP contribution in [0.2, 0.25) is 0 Å². The average Bonchev–Trinajstić information content (AvgIpc) is 3.06. The summed E-state index contributed by atoms with van der Waals surface area (Å²) in [6.07, 6.45) is 3.69. The number of amides is 1. The topological polar surface area (TPSA) is 46.9 Å². The van der Waals surface area contributed by atoms with E-state index in [9.17, 15) is 4.79 Å². The molecule has 1 N–H and O–H groups in total. The molecule has 1 amide bonds. The van der Waals surface area contributed by atoms with Gasteiger partial charge < -0.3 is 5.32 Å². The van der Waals surface area contributed by atoms with Crippen molar-refractivity contribution in [1.82, 2.24) is 9.55 Å². The molecular weight excluding hydrogens is 342 g/mol. The van der Waals surface area contributed by atoms with Gasteiger partial charge in [0.15, 0.2) is 5.16 Å². The van der Waals surface area contributed by atoms with E-state index in [1.54, 1.807) is 6.20 Å². The first-order valence-corrected chi connectivity index (χ1v) is 9.48. The van der Waals surface area contributed by atoms with Crippen molar-refractivity contribution in [2.45, 2.75) is 38.1 Å². The second-order valence-corrected chi connectivity index (χ2v) is 7.74. The van der Waals surface area contributed by atoms with Gasteiger partial charge in [-0.15, -0.1) is 0 Å². The lowest BCUT2D eigenvalue weighted by Gasteiger charge is -2.16. The molecular formula is C21H23N3OS. The molecule has 2 aromatic carbocycles. The Hall–Kier alpha value is -2.53. The average molecular weight is 366 g/mol. The molecule has 1 aromatic heterocycles. The summed E-state index contributed by atoms with van der Waals surface area (Å²) >= 11 is 1.46. The van der Waals surface area contributed by atoms with E-state index in [4.69, 9.17) is 0 Å². The SMILES string of the molecule is Cc1cccc(-n2ccnc2SC(C)C(=O)Nc2c(C)cccc2C)c1. The summed E-state index contributed by atoms with van der Waals surface area (Å²) in [5, 5.41) is 3.60. The number of aryl methyl sites for hydroxylation is 3. The highest BCUT2D eigenvalue weighted by Gasteiger charge is 2.19. The Kier molecular flexibility index (Phi) is 5.47. The lowest BCUT2D eigenvalue weighted by atomic mass is 10.1. The van der Waals surface area contributed by atoms with Crippen molar-refractivity contribution < 1.29 is 4.79 Å². The third-order valence-corrected chi connectivity index (χ3v) is 5.35. The number of aromatic nitrogens is 2. The number of rotatable bonds is 5. The van der Waals surface area contributed by atoms with Crippen molar-refractivity contribution >= 4 is 23.4 Å². The maximum atomic E-state index is 12.7. The van der Waals surface area contributed by atoms with Crippen LogP contribution in [0.3, 0.4) is 0 Å². The minimum atomic E-state index is -0.264. The molecule has 0 spiro atoms. The molecule has 0 fully saturated rings. The van der Waals surface area contributed by atoms with Gasteiger partial charge in [0.1, 0.15) is 0 Å². The van der Waals surface area contributed by atoms with Crippen molar-refractivity contribution in [3.63, 3.8) is 0 Å². The fourth-order valence-corrected chi connectivity index (χ4v) is 3.68. The van der Waals surface area contributed by atoms with Crippen molar-refractivity contribution in [3.05, 3.63) is 71.5 Å². The fourth-order valence-electron chi connectivity index (χ4n) is 2.80. The molecule has 3 rings (SSSR count). The first-order chi connectivity index (χ1) is 12.5. The highest BCUT2D eigenvalue weighted by atomic mass is 32.2. The molecule has 0 aliphatic heterocycles. The maximum Gasteiger partial charge on any atom is 0.237 e. The molecule has 0 saturated carbocycles. The molecule has 0 bridgehead atoms. The van der Waals surface area contributed by atoms with E-state index in [0.717, 1.165) is 27.7 Å². The number of nitrogens with one attached hydrogen (secondary N) is 1. The third-order valence-electron chi connectivity index (χ3n) is 4.27. The van der Waals surface area contributed by atoms with Gasteiger partial charge in [0, 0.05) is 23.8 Å². The number of hydrogen-bond acceptors (Lipinski definition) is 3. The predicted octanol–water partition coefficient (Wildman–Crippen LogP) is 4.92. The van der Waals surface area contributed by atoms with Gasteiger partial charge in [-0.05, 0) is 56.5 Å². The molecule has 26 heavy (non-hydrogen) atoms. The molecule has 134 valence electrons. The van der Waals surface area contributed by atoms with Gasteiger partial charge in [0.25, 0.3) is 0 Å². The zero-order valence-electron chi connectivity index (χ0n) is 15.5. The first kappa shape index (κ1) is 18.3. The quantitative estimate of drug-likeness (QED) is 0.653. The molecule has 1 heterocycles. The summed E-state index contributed by atoms with van der Waals surface area (Å²) in [6, 6.07) is 14.2. The molecule has 1 atom stereocenters. The van der Waals surface area contributed by atoms with Gasteiger partial charge in [-0.1, -0.05) is 42.1 Å². The number of thioether (sulfide) groups is 1.